The van der Waals surface area contributed by atoms with E-state index in [0.29, 0.717) is 11.3 Å². The van der Waals surface area contributed by atoms with Gasteiger partial charge in [0.15, 0.2) is 0 Å². The number of carbonyl (C=O) groups is 1. The molecule has 1 unspecified atom stereocenters. The van der Waals surface area contributed by atoms with Crippen molar-refractivity contribution >= 4 is 24.2 Å². The summed E-state index contributed by atoms with van der Waals surface area (Å²) in [5, 5.41) is 8.38. The molecule has 0 saturated heterocycles. The highest BCUT2D eigenvalue weighted by atomic mass is 32.1. The Morgan fingerprint density at radius 3 is 2.80 bits per heavy atom. The molecule has 1 rings (SSSR count). The van der Waals surface area contributed by atoms with Crippen LogP contribution >= 0.6 is 12.6 Å². The van der Waals surface area contributed by atoms with Gasteiger partial charge in [0.1, 0.15) is 0 Å². The molecule has 0 spiro atoms. The van der Waals surface area contributed by atoms with Crippen molar-refractivity contribution in [3.63, 3.8) is 0 Å². The van der Waals surface area contributed by atoms with E-state index in [-0.39, 0.29) is 11.2 Å². The lowest BCUT2D eigenvalue weighted by atomic mass is 10.2. The zero-order valence-corrected chi connectivity index (χ0v) is 9.53. The highest BCUT2D eigenvalue weighted by Crippen LogP contribution is 2.16. The van der Waals surface area contributed by atoms with Crippen LogP contribution in [-0.2, 0) is 4.79 Å². The zero-order chi connectivity index (χ0) is 11.4. The lowest BCUT2D eigenvalue weighted by Crippen LogP contribution is -2.32. The van der Waals surface area contributed by atoms with Gasteiger partial charge in [-0.25, -0.2) is 0 Å². The first-order valence-corrected chi connectivity index (χ1v) is 5.03. The summed E-state index contributed by atoms with van der Waals surface area (Å²) in [6.07, 6.45) is 0. The van der Waals surface area contributed by atoms with Crippen LogP contribution in [0.15, 0.2) is 24.3 Å². The van der Waals surface area contributed by atoms with E-state index in [2.05, 4.69) is 12.6 Å². The Balaban J connectivity index is 2.97. The normalized spacial score (nSPS) is 11.6. The summed E-state index contributed by atoms with van der Waals surface area (Å²) in [6.45, 7) is 1.72. The molecule has 4 heteroatoms. The molecule has 0 aliphatic carbocycles. The van der Waals surface area contributed by atoms with Crippen LogP contribution < -0.4 is 4.90 Å². The molecule has 15 heavy (non-hydrogen) atoms. The number of nitriles is 1. The van der Waals surface area contributed by atoms with Gasteiger partial charge in [0.2, 0.25) is 5.91 Å². The van der Waals surface area contributed by atoms with Crippen LogP contribution in [0, 0.1) is 11.3 Å². The smallest absolute Gasteiger partial charge is 0.239 e. The fraction of sp³-hybridized carbons (Fsp3) is 0.273. The van der Waals surface area contributed by atoms with E-state index in [1.807, 2.05) is 6.07 Å². The zero-order valence-electron chi connectivity index (χ0n) is 8.64. The molecule has 78 valence electrons. The first kappa shape index (κ1) is 11.6. The van der Waals surface area contributed by atoms with Gasteiger partial charge < -0.3 is 4.90 Å². The van der Waals surface area contributed by atoms with Crippen molar-refractivity contribution in [3.05, 3.63) is 29.8 Å². The maximum atomic E-state index is 11.6. The van der Waals surface area contributed by atoms with E-state index >= 15 is 0 Å². The molecule has 0 saturated carbocycles. The SMILES string of the molecule is CC(S)C(=O)N(C)c1cccc(C#N)c1. The molecular weight excluding hydrogens is 208 g/mol. The summed E-state index contributed by atoms with van der Waals surface area (Å²) < 4.78 is 0. The molecule has 1 atom stereocenters. The van der Waals surface area contributed by atoms with Crippen LogP contribution in [0.1, 0.15) is 12.5 Å². The fourth-order valence-corrected chi connectivity index (χ4v) is 1.36. The summed E-state index contributed by atoms with van der Waals surface area (Å²) >= 11 is 4.08. The van der Waals surface area contributed by atoms with Crippen molar-refractivity contribution in [2.75, 3.05) is 11.9 Å². The molecule has 3 nitrogen and oxygen atoms in total. The number of benzene rings is 1. The number of hydrogen-bond acceptors (Lipinski definition) is 3. The maximum absolute atomic E-state index is 11.6. The van der Waals surface area contributed by atoms with Crippen LogP contribution in [-0.4, -0.2) is 18.2 Å². The summed E-state index contributed by atoms with van der Waals surface area (Å²) in [6, 6.07) is 8.95. The topological polar surface area (TPSA) is 44.1 Å². The summed E-state index contributed by atoms with van der Waals surface area (Å²) in [4.78, 5) is 13.1. The number of rotatable bonds is 2. The molecular formula is C11H12N2OS. The van der Waals surface area contributed by atoms with Gasteiger partial charge in [-0.3, -0.25) is 4.79 Å². The number of hydrogen-bond donors (Lipinski definition) is 1. The molecule has 1 aromatic rings. The summed E-state index contributed by atoms with van der Waals surface area (Å²) in [5.41, 5.74) is 1.25. The number of carbonyl (C=O) groups excluding carboxylic acids is 1. The number of thiol groups is 1. The van der Waals surface area contributed by atoms with Crippen molar-refractivity contribution in [2.24, 2.45) is 0 Å². The standard InChI is InChI=1S/C11H12N2OS/c1-8(15)11(14)13(2)10-5-3-4-9(6-10)7-12/h3-6,8,15H,1-2H3. The molecule has 0 fully saturated rings. The third-order valence-electron chi connectivity index (χ3n) is 2.05. The van der Waals surface area contributed by atoms with Gasteiger partial charge in [0.25, 0.3) is 0 Å². The minimum absolute atomic E-state index is 0.0894. The maximum Gasteiger partial charge on any atom is 0.239 e. The highest BCUT2D eigenvalue weighted by molar-refractivity contribution is 7.81. The minimum atomic E-state index is -0.347. The fourth-order valence-electron chi connectivity index (χ4n) is 1.19. The molecule has 1 aromatic carbocycles. The van der Waals surface area contributed by atoms with E-state index in [0.717, 1.165) is 0 Å². The van der Waals surface area contributed by atoms with E-state index in [1.165, 1.54) is 4.90 Å². The van der Waals surface area contributed by atoms with Crippen molar-refractivity contribution in [1.82, 2.24) is 0 Å². The van der Waals surface area contributed by atoms with Crippen molar-refractivity contribution in [3.8, 4) is 6.07 Å². The molecule has 0 heterocycles. The van der Waals surface area contributed by atoms with Gasteiger partial charge in [-0.05, 0) is 25.1 Å². The Kier molecular flexibility index (Phi) is 3.75. The van der Waals surface area contributed by atoms with Crippen LogP contribution in [0.2, 0.25) is 0 Å². The largest absolute Gasteiger partial charge is 0.315 e. The molecule has 0 aliphatic rings. The number of anilines is 1. The Morgan fingerprint density at radius 2 is 2.27 bits per heavy atom. The monoisotopic (exact) mass is 220 g/mol. The molecule has 0 aromatic heterocycles. The summed E-state index contributed by atoms with van der Waals surface area (Å²) in [5.74, 6) is -0.0894. The van der Waals surface area contributed by atoms with E-state index in [9.17, 15) is 4.79 Å². The second kappa shape index (κ2) is 4.85. The van der Waals surface area contributed by atoms with Gasteiger partial charge in [-0.2, -0.15) is 17.9 Å². The van der Waals surface area contributed by atoms with Crippen molar-refractivity contribution in [2.45, 2.75) is 12.2 Å². The average Bonchev–Trinajstić information content (AvgIpc) is 2.27. The van der Waals surface area contributed by atoms with Gasteiger partial charge in [-0.1, -0.05) is 6.07 Å². The predicted molar refractivity (Wildman–Crippen MR) is 63.0 cm³/mol. The Labute approximate surface area is 94.7 Å². The third-order valence-corrected chi connectivity index (χ3v) is 2.27. The lowest BCUT2D eigenvalue weighted by molar-refractivity contribution is -0.117. The lowest BCUT2D eigenvalue weighted by Gasteiger charge is -2.19. The van der Waals surface area contributed by atoms with Crippen LogP contribution in [0.25, 0.3) is 0 Å². The first-order valence-electron chi connectivity index (χ1n) is 4.52. The highest BCUT2D eigenvalue weighted by Gasteiger charge is 2.15. The van der Waals surface area contributed by atoms with E-state index < -0.39 is 0 Å². The Hall–Kier alpha value is -1.47. The van der Waals surface area contributed by atoms with Crippen LogP contribution in [0.5, 0.6) is 0 Å². The number of amides is 1. The molecule has 0 aliphatic heterocycles. The van der Waals surface area contributed by atoms with Gasteiger partial charge in [-0.15, -0.1) is 0 Å². The van der Waals surface area contributed by atoms with Crippen LogP contribution in [0.3, 0.4) is 0 Å². The Morgan fingerprint density at radius 1 is 1.60 bits per heavy atom. The van der Waals surface area contributed by atoms with E-state index in [1.54, 1.807) is 38.2 Å². The Bertz CT molecular complexity index is 409. The second-order valence-corrected chi connectivity index (χ2v) is 4.01. The van der Waals surface area contributed by atoms with E-state index in [4.69, 9.17) is 5.26 Å². The van der Waals surface area contributed by atoms with Gasteiger partial charge >= 0.3 is 0 Å². The van der Waals surface area contributed by atoms with Crippen molar-refractivity contribution in [1.29, 1.82) is 5.26 Å². The number of nitrogens with zero attached hydrogens (tertiary/aromatic N) is 2. The van der Waals surface area contributed by atoms with Gasteiger partial charge in [0, 0.05) is 12.7 Å². The summed E-state index contributed by atoms with van der Waals surface area (Å²) in [7, 11) is 1.67. The van der Waals surface area contributed by atoms with Crippen LogP contribution in [0.4, 0.5) is 5.69 Å². The molecule has 1 amide bonds. The second-order valence-electron chi connectivity index (χ2n) is 3.24. The minimum Gasteiger partial charge on any atom is -0.315 e. The molecule has 0 bridgehead atoms. The quantitative estimate of drug-likeness (QED) is 0.773. The first-order chi connectivity index (χ1) is 7.06. The average molecular weight is 220 g/mol. The molecule has 0 radical (unpaired) electrons. The molecule has 0 N–H and O–H groups in total. The van der Waals surface area contributed by atoms with Crippen molar-refractivity contribution < 1.29 is 4.79 Å². The predicted octanol–water partition coefficient (Wildman–Crippen LogP) is 1.84. The third kappa shape index (κ3) is 2.74. The van der Waals surface area contributed by atoms with Gasteiger partial charge in [0.05, 0.1) is 16.9 Å².